The number of carbonyl (C=O) groups is 1. The molecular weight excluding hydrogens is 456 g/mol. The van der Waals surface area contributed by atoms with E-state index in [1.807, 2.05) is 24.3 Å². The first-order chi connectivity index (χ1) is 14.9. The summed E-state index contributed by atoms with van der Waals surface area (Å²) in [6.45, 7) is 1.49. The molecule has 1 aliphatic heterocycles. The van der Waals surface area contributed by atoms with Crippen LogP contribution in [0.15, 0.2) is 47.4 Å². The maximum absolute atomic E-state index is 13.0. The number of benzene rings is 2. The summed E-state index contributed by atoms with van der Waals surface area (Å²) in [5, 5.41) is 3.57. The van der Waals surface area contributed by atoms with Crippen LogP contribution in [0.2, 0.25) is 5.02 Å². The molecular formula is C22H27ClN2O4S2. The van der Waals surface area contributed by atoms with Crippen molar-refractivity contribution < 1.29 is 17.9 Å². The van der Waals surface area contributed by atoms with Gasteiger partial charge in [-0.3, -0.25) is 4.79 Å². The van der Waals surface area contributed by atoms with Crippen LogP contribution in [0, 0.1) is 0 Å². The van der Waals surface area contributed by atoms with E-state index < -0.39 is 10.0 Å². The Morgan fingerprint density at radius 1 is 1.13 bits per heavy atom. The van der Waals surface area contributed by atoms with Crippen LogP contribution in [-0.2, 0) is 15.8 Å². The number of sulfonamides is 1. The van der Waals surface area contributed by atoms with Crippen LogP contribution in [0.3, 0.4) is 0 Å². The monoisotopic (exact) mass is 482 g/mol. The lowest BCUT2D eigenvalue weighted by atomic mass is 10.2. The fourth-order valence-electron chi connectivity index (χ4n) is 3.38. The first-order valence-electron chi connectivity index (χ1n) is 10.2. The predicted octanol–water partition coefficient (Wildman–Crippen LogP) is 4.19. The molecule has 0 unspecified atom stereocenters. The van der Waals surface area contributed by atoms with Gasteiger partial charge in [0.15, 0.2) is 0 Å². The highest BCUT2D eigenvalue weighted by Gasteiger charge is 2.27. The van der Waals surface area contributed by atoms with Gasteiger partial charge in [0.05, 0.1) is 17.6 Å². The molecule has 2 aromatic carbocycles. The van der Waals surface area contributed by atoms with E-state index in [0.717, 1.165) is 36.3 Å². The van der Waals surface area contributed by atoms with E-state index in [4.69, 9.17) is 16.3 Å². The highest BCUT2D eigenvalue weighted by Crippen LogP contribution is 2.26. The zero-order valence-electron chi connectivity index (χ0n) is 17.5. The lowest BCUT2D eigenvalue weighted by Crippen LogP contribution is -2.35. The molecule has 168 valence electrons. The number of rotatable bonds is 9. The molecule has 3 rings (SSSR count). The van der Waals surface area contributed by atoms with Gasteiger partial charge < -0.3 is 10.1 Å². The molecule has 0 bridgehead atoms. The van der Waals surface area contributed by atoms with Crippen LogP contribution in [0.25, 0.3) is 0 Å². The lowest BCUT2D eigenvalue weighted by molar-refractivity contribution is 0.0953. The number of thioether (sulfide) groups is 1. The zero-order chi connectivity index (χ0) is 22.3. The second kappa shape index (κ2) is 11.2. The van der Waals surface area contributed by atoms with Crippen molar-refractivity contribution in [1.29, 1.82) is 0 Å². The fourth-order valence-corrected chi connectivity index (χ4v) is 5.87. The minimum absolute atomic E-state index is 0.123. The van der Waals surface area contributed by atoms with E-state index in [-0.39, 0.29) is 16.4 Å². The molecule has 0 radical (unpaired) electrons. The topological polar surface area (TPSA) is 75.7 Å². The lowest BCUT2D eigenvalue weighted by Gasteiger charge is -2.26. The highest BCUT2D eigenvalue weighted by molar-refractivity contribution is 7.98. The van der Waals surface area contributed by atoms with Gasteiger partial charge in [-0.15, -0.1) is 0 Å². The van der Waals surface area contributed by atoms with Crippen LogP contribution in [0.5, 0.6) is 5.75 Å². The van der Waals surface area contributed by atoms with Gasteiger partial charge in [-0.2, -0.15) is 16.1 Å². The van der Waals surface area contributed by atoms with Gasteiger partial charge in [-0.1, -0.05) is 30.2 Å². The number of carbonyl (C=O) groups excluding carboxylic acids is 1. The maximum atomic E-state index is 13.0. The van der Waals surface area contributed by atoms with Crippen molar-refractivity contribution in [2.45, 2.75) is 29.9 Å². The standard InChI is InChI=1S/C22H27ClN2O4S2/c1-29-21-10-9-19(31(27,28)25-12-3-2-4-13-25)15-20(21)22(26)24-11-14-30-16-17-5-7-18(23)8-6-17/h5-10,15H,2-4,11-14,16H2,1H3,(H,24,26). The van der Waals surface area contributed by atoms with Crippen LogP contribution in [0.4, 0.5) is 0 Å². The molecule has 6 nitrogen and oxygen atoms in total. The molecule has 1 fully saturated rings. The average molecular weight is 483 g/mol. The van der Waals surface area contributed by atoms with Crippen molar-refractivity contribution in [3.63, 3.8) is 0 Å². The maximum Gasteiger partial charge on any atom is 0.255 e. The van der Waals surface area contributed by atoms with Crippen molar-refractivity contribution >= 4 is 39.3 Å². The number of halogens is 1. The summed E-state index contributed by atoms with van der Waals surface area (Å²) in [4.78, 5) is 12.8. The third-order valence-electron chi connectivity index (χ3n) is 5.08. The first-order valence-corrected chi connectivity index (χ1v) is 13.2. The molecule has 1 amide bonds. The number of hydrogen-bond acceptors (Lipinski definition) is 5. The smallest absolute Gasteiger partial charge is 0.255 e. The van der Waals surface area contributed by atoms with Gasteiger partial charge in [0, 0.05) is 36.2 Å². The van der Waals surface area contributed by atoms with Gasteiger partial charge in [-0.25, -0.2) is 8.42 Å². The Morgan fingerprint density at radius 3 is 2.52 bits per heavy atom. The molecule has 0 aromatic heterocycles. The van der Waals surface area contributed by atoms with Gasteiger partial charge in [0.25, 0.3) is 5.91 Å². The van der Waals surface area contributed by atoms with Crippen molar-refractivity contribution in [3.8, 4) is 5.75 Å². The zero-order valence-corrected chi connectivity index (χ0v) is 19.9. The van der Waals surface area contributed by atoms with Crippen molar-refractivity contribution in [2.24, 2.45) is 0 Å². The van der Waals surface area contributed by atoms with Crippen LogP contribution < -0.4 is 10.1 Å². The fraction of sp³-hybridized carbons (Fsp3) is 0.409. The Hall–Kier alpha value is -1.74. The summed E-state index contributed by atoms with van der Waals surface area (Å²) in [7, 11) is -2.16. The molecule has 0 spiro atoms. The van der Waals surface area contributed by atoms with E-state index in [0.29, 0.717) is 30.4 Å². The molecule has 2 aromatic rings. The molecule has 1 heterocycles. The molecule has 0 aliphatic carbocycles. The molecule has 1 aliphatic rings. The summed E-state index contributed by atoms with van der Waals surface area (Å²) >= 11 is 7.59. The largest absolute Gasteiger partial charge is 0.496 e. The summed E-state index contributed by atoms with van der Waals surface area (Å²) < 4.78 is 32.7. The van der Waals surface area contributed by atoms with Gasteiger partial charge in [-0.05, 0) is 48.7 Å². The first kappa shape index (κ1) is 23.9. The minimum Gasteiger partial charge on any atom is -0.496 e. The molecule has 1 saturated heterocycles. The van der Waals surface area contributed by atoms with Crippen LogP contribution >= 0.6 is 23.4 Å². The summed E-state index contributed by atoms with van der Waals surface area (Å²) in [5.74, 6) is 1.55. The quantitative estimate of drug-likeness (QED) is 0.542. The molecule has 9 heteroatoms. The molecule has 1 N–H and O–H groups in total. The Labute approximate surface area is 193 Å². The van der Waals surface area contributed by atoms with Crippen molar-refractivity contribution in [2.75, 3.05) is 32.5 Å². The number of ether oxygens (including phenoxy) is 1. The van der Waals surface area contributed by atoms with Gasteiger partial charge in [0.1, 0.15) is 5.75 Å². The minimum atomic E-state index is -3.62. The molecule has 31 heavy (non-hydrogen) atoms. The van der Waals surface area contributed by atoms with E-state index in [9.17, 15) is 13.2 Å². The summed E-state index contributed by atoms with van der Waals surface area (Å²) in [6.07, 6.45) is 2.76. The Kier molecular flexibility index (Phi) is 8.66. The SMILES string of the molecule is COc1ccc(S(=O)(=O)N2CCCCC2)cc1C(=O)NCCSCc1ccc(Cl)cc1. The Balaban J connectivity index is 1.60. The third-order valence-corrected chi connectivity index (χ3v) is 8.26. The number of nitrogens with zero attached hydrogens (tertiary/aromatic N) is 1. The predicted molar refractivity (Wildman–Crippen MR) is 126 cm³/mol. The number of piperidine rings is 1. The second-order valence-corrected chi connectivity index (χ2v) is 10.7. The number of amides is 1. The van der Waals surface area contributed by atoms with E-state index in [1.165, 1.54) is 23.5 Å². The summed E-state index contributed by atoms with van der Waals surface area (Å²) in [6, 6.07) is 12.1. The van der Waals surface area contributed by atoms with Crippen molar-refractivity contribution in [3.05, 3.63) is 58.6 Å². The molecule has 0 saturated carbocycles. The normalized spacial score (nSPS) is 14.9. The number of hydrogen-bond donors (Lipinski definition) is 1. The van der Waals surface area contributed by atoms with Gasteiger partial charge in [0.2, 0.25) is 10.0 Å². The highest BCUT2D eigenvalue weighted by atomic mass is 35.5. The third kappa shape index (κ3) is 6.38. The number of methoxy groups -OCH3 is 1. The van der Waals surface area contributed by atoms with E-state index in [2.05, 4.69) is 5.32 Å². The molecule has 0 atom stereocenters. The summed E-state index contributed by atoms with van der Waals surface area (Å²) in [5.41, 5.74) is 1.39. The Morgan fingerprint density at radius 2 is 1.84 bits per heavy atom. The van der Waals surface area contributed by atoms with Crippen LogP contribution in [-0.4, -0.2) is 51.1 Å². The van der Waals surface area contributed by atoms with E-state index in [1.54, 1.807) is 17.8 Å². The average Bonchev–Trinajstić information content (AvgIpc) is 2.80. The van der Waals surface area contributed by atoms with E-state index >= 15 is 0 Å². The van der Waals surface area contributed by atoms with Crippen LogP contribution in [0.1, 0.15) is 35.2 Å². The van der Waals surface area contributed by atoms with Crippen molar-refractivity contribution in [1.82, 2.24) is 9.62 Å². The van der Waals surface area contributed by atoms with Gasteiger partial charge >= 0.3 is 0 Å². The number of nitrogens with one attached hydrogen (secondary N) is 1. The Bertz CT molecular complexity index is 991. The second-order valence-electron chi connectivity index (χ2n) is 7.26.